The first-order chi connectivity index (χ1) is 9.29. The van der Waals surface area contributed by atoms with Gasteiger partial charge < -0.3 is 10.2 Å². The molecule has 0 amide bonds. The smallest absolute Gasteiger partial charge is 0.0992 e. The molecule has 2 rings (SSSR count). The third-order valence-corrected chi connectivity index (χ3v) is 3.88. The van der Waals surface area contributed by atoms with Gasteiger partial charge in [0.1, 0.15) is 0 Å². The third kappa shape index (κ3) is 4.50. The van der Waals surface area contributed by atoms with Gasteiger partial charge in [-0.05, 0) is 63.1 Å². The van der Waals surface area contributed by atoms with Gasteiger partial charge in [0.2, 0.25) is 0 Å². The van der Waals surface area contributed by atoms with Crippen molar-refractivity contribution in [3.63, 3.8) is 0 Å². The van der Waals surface area contributed by atoms with Gasteiger partial charge in [0, 0.05) is 11.6 Å². The largest absolute Gasteiger partial charge is 0.313 e. The van der Waals surface area contributed by atoms with Gasteiger partial charge in [-0.1, -0.05) is 17.7 Å². The summed E-state index contributed by atoms with van der Waals surface area (Å²) in [6.07, 6.45) is 3.89. The Morgan fingerprint density at radius 1 is 1.32 bits per heavy atom. The minimum absolute atomic E-state index is 0.614. The summed E-state index contributed by atoms with van der Waals surface area (Å²) >= 11 is 6.13. The number of hydrogen-bond acceptors (Lipinski definition) is 3. The van der Waals surface area contributed by atoms with Crippen LogP contribution in [0.2, 0.25) is 5.02 Å². The van der Waals surface area contributed by atoms with E-state index in [1.54, 1.807) is 6.07 Å². The molecule has 1 saturated heterocycles. The lowest BCUT2D eigenvalue weighted by Gasteiger charge is -2.14. The SMILES string of the molecule is N#Cc1ccc(CNCCCN2CCCC2)c(Cl)c1. The van der Waals surface area contributed by atoms with Crippen LogP contribution in [0.5, 0.6) is 0 Å². The van der Waals surface area contributed by atoms with Crippen molar-refractivity contribution in [2.24, 2.45) is 0 Å². The van der Waals surface area contributed by atoms with Crippen molar-refractivity contribution < 1.29 is 0 Å². The van der Waals surface area contributed by atoms with Crippen LogP contribution in [0.1, 0.15) is 30.4 Å². The molecule has 4 heteroatoms. The van der Waals surface area contributed by atoms with Gasteiger partial charge >= 0.3 is 0 Å². The Bertz CT molecular complexity index is 447. The van der Waals surface area contributed by atoms with Gasteiger partial charge in [0.05, 0.1) is 11.6 Å². The second-order valence-electron chi connectivity index (χ2n) is 5.00. The average molecular weight is 278 g/mol. The van der Waals surface area contributed by atoms with Crippen molar-refractivity contribution in [1.29, 1.82) is 5.26 Å². The fourth-order valence-electron chi connectivity index (χ4n) is 2.42. The van der Waals surface area contributed by atoms with E-state index < -0.39 is 0 Å². The van der Waals surface area contributed by atoms with Crippen LogP contribution < -0.4 is 5.32 Å². The first-order valence-electron chi connectivity index (χ1n) is 6.91. The van der Waals surface area contributed by atoms with E-state index in [-0.39, 0.29) is 0 Å². The van der Waals surface area contributed by atoms with Gasteiger partial charge in [-0.3, -0.25) is 0 Å². The van der Waals surface area contributed by atoms with Gasteiger partial charge in [0.15, 0.2) is 0 Å². The van der Waals surface area contributed by atoms with Crippen LogP contribution in [0.4, 0.5) is 0 Å². The van der Waals surface area contributed by atoms with Gasteiger partial charge in [-0.25, -0.2) is 0 Å². The van der Waals surface area contributed by atoms with Crippen LogP contribution in [-0.4, -0.2) is 31.1 Å². The van der Waals surface area contributed by atoms with Crippen molar-refractivity contribution in [3.8, 4) is 6.07 Å². The molecule has 1 aliphatic rings. The first-order valence-corrected chi connectivity index (χ1v) is 7.29. The number of likely N-dealkylation sites (tertiary alicyclic amines) is 1. The minimum atomic E-state index is 0.614. The van der Waals surface area contributed by atoms with E-state index in [0.29, 0.717) is 10.6 Å². The fraction of sp³-hybridized carbons (Fsp3) is 0.533. The normalized spacial score (nSPS) is 15.6. The Kier molecular flexibility index (Phi) is 5.65. The third-order valence-electron chi connectivity index (χ3n) is 3.52. The maximum absolute atomic E-state index is 8.77. The summed E-state index contributed by atoms with van der Waals surface area (Å²) in [5.41, 5.74) is 1.67. The number of nitrogens with one attached hydrogen (secondary N) is 1. The second-order valence-corrected chi connectivity index (χ2v) is 5.40. The predicted molar refractivity (Wildman–Crippen MR) is 78.2 cm³/mol. The minimum Gasteiger partial charge on any atom is -0.313 e. The van der Waals surface area contributed by atoms with E-state index in [0.717, 1.165) is 18.7 Å². The molecule has 0 bridgehead atoms. The van der Waals surface area contributed by atoms with Crippen molar-refractivity contribution in [1.82, 2.24) is 10.2 Å². The van der Waals surface area contributed by atoms with Crippen LogP contribution >= 0.6 is 11.6 Å². The van der Waals surface area contributed by atoms with Crippen LogP contribution in [0.3, 0.4) is 0 Å². The summed E-state index contributed by atoms with van der Waals surface area (Å²) < 4.78 is 0. The molecule has 0 radical (unpaired) electrons. The lowest BCUT2D eigenvalue weighted by atomic mass is 10.1. The summed E-state index contributed by atoms with van der Waals surface area (Å²) in [7, 11) is 0. The van der Waals surface area contributed by atoms with E-state index >= 15 is 0 Å². The monoisotopic (exact) mass is 277 g/mol. The molecule has 102 valence electrons. The molecule has 1 heterocycles. The quantitative estimate of drug-likeness (QED) is 0.813. The molecule has 0 spiro atoms. The number of nitriles is 1. The molecule has 1 aromatic carbocycles. The Hall–Kier alpha value is -1.08. The standard InChI is InChI=1S/C15H20ClN3/c16-15-10-13(11-17)4-5-14(15)12-18-6-3-9-19-7-1-2-8-19/h4-5,10,18H,1-3,6-9,12H2. The molecule has 0 unspecified atom stereocenters. The highest BCUT2D eigenvalue weighted by molar-refractivity contribution is 6.31. The van der Waals surface area contributed by atoms with E-state index in [9.17, 15) is 0 Å². The Labute approximate surface area is 120 Å². The molecular formula is C15H20ClN3. The second kappa shape index (κ2) is 7.49. The average Bonchev–Trinajstić information content (AvgIpc) is 2.93. The Morgan fingerprint density at radius 2 is 2.11 bits per heavy atom. The maximum atomic E-state index is 8.77. The summed E-state index contributed by atoms with van der Waals surface area (Å²) in [5, 5.41) is 12.9. The fourth-order valence-corrected chi connectivity index (χ4v) is 2.66. The van der Waals surface area contributed by atoms with Crippen LogP contribution in [0.15, 0.2) is 18.2 Å². The summed E-state index contributed by atoms with van der Waals surface area (Å²) in [6.45, 7) is 5.49. The number of hydrogen-bond donors (Lipinski definition) is 1. The summed E-state index contributed by atoms with van der Waals surface area (Å²) in [6, 6.07) is 7.55. The molecule has 1 aliphatic heterocycles. The van der Waals surface area contributed by atoms with Crippen molar-refractivity contribution in [3.05, 3.63) is 34.3 Å². The van der Waals surface area contributed by atoms with Gasteiger partial charge in [-0.2, -0.15) is 5.26 Å². The molecular weight excluding hydrogens is 258 g/mol. The number of rotatable bonds is 6. The number of nitrogens with zero attached hydrogens (tertiary/aromatic N) is 2. The Balaban J connectivity index is 1.66. The molecule has 0 atom stereocenters. The maximum Gasteiger partial charge on any atom is 0.0992 e. The molecule has 0 aliphatic carbocycles. The lowest BCUT2D eigenvalue weighted by molar-refractivity contribution is 0.331. The molecule has 1 N–H and O–H groups in total. The van der Waals surface area contributed by atoms with E-state index in [1.165, 1.54) is 38.9 Å². The summed E-state index contributed by atoms with van der Waals surface area (Å²) in [4.78, 5) is 2.52. The van der Waals surface area contributed by atoms with Crippen molar-refractivity contribution >= 4 is 11.6 Å². The molecule has 19 heavy (non-hydrogen) atoms. The van der Waals surface area contributed by atoms with Crippen LogP contribution in [0, 0.1) is 11.3 Å². The molecule has 0 aromatic heterocycles. The molecule has 1 aromatic rings. The van der Waals surface area contributed by atoms with Crippen molar-refractivity contribution in [2.75, 3.05) is 26.2 Å². The van der Waals surface area contributed by atoms with E-state index in [1.807, 2.05) is 12.1 Å². The van der Waals surface area contributed by atoms with E-state index in [2.05, 4.69) is 16.3 Å². The zero-order valence-electron chi connectivity index (χ0n) is 11.2. The molecule has 3 nitrogen and oxygen atoms in total. The molecule has 0 saturated carbocycles. The predicted octanol–water partition coefficient (Wildman–Crippen LogP) is 2.79. The van der Waals surface area contributed by atoms with Gasteiger partial charge in [0.25, 0.3) is 0 Å². The summed E-state index contributed by atoms with van der Waals surface area (Å²) in [5.74, 6) is 0. The Morgan fingerprint density at radius 3 is 2.79 bits per heavy atom. The zero-order chi connectivity index (χ0) is 13.5. The number of benzene rings is 1. The number of halogens is 1. The molecule has 1 fully saturated rings. The van der Waals surface area contributed by atoms with Crippen LogP contribution in [-0.2, 0) is 6.54 Å². The topological polar surface area (TPSA) is 39.1 Å². The van der Waals surface area contributed by atoms with Crippen molar-refractivity contribution in [2.45, 2.75) is 25.8 Å². The highest BCUT2D eigenvalue weighted by atomic mass is 35.5. The van der Waals surface area contributed by atoms with Gasteiger partial charge in [-0.15, -0.1) is 0 Å². The first kappa shape index (κ1) is 14.3. The highest BCUT2D eigenvalue weighted by Gasteiger charge is 2.10. The highest BCUT2D eigenvalue weighted by Crippen LogP contribution is 2.17. The zero-order valence-corrected chi connectivity index (χ0v) is 11.9. The van der Waals surface area contributed by atoms with Crippen LogP contribution in [0.25, 0.3) is 0 Å². The van der Waals surface area contributed by atoms with E-state index in [4.69, 9.17) is 16.9 Å². The lowest BCUT2D eigenvalue weighted by Crippen LogP contribution is -2.24.